The van der Waals surface area contributed by atoms with Crippen LogP contribution in [0.3, 0.4) is 0 Å². The number of hydrogen-bond donors (Lipinski definition) is 0. The van der Waals surface area contributed by atoms with E-state index in [0.717, 1.165) is 22.6 Å². The van der Waals surface area contributed by atoms with Crippen molar-refractivity contribution in [2.45, 2.75) is 37.7 Å². The molecule has 3 rings (SSSR count). The Kier molecular flexibility index (Phi) is 5.68. The molecule has 2 aromatic rings. The Balaban J connectivity index is 2.06. The molecule has 26 heavy (non-hydrogen) atoms. The standard InChI is InChI=1S/C19H22Cl2N4O/c1-12(2)24(3)18-14-11-25(19(26)16(20)21)10-9-15(14)22-17(23-18)13-7-5-4-6-8-13/h4-8,12,16H,9-11H2,1-3H3. The Morgan fingerprint density at radius 2 is 1.88 bits per heavy atom. The number of rotatable bonds is 4. The molecule has 5 nitrogen and oxygen atoms in total. The van der Waals surface area contributed by atoms with E-state index in [1.807, 2.05) is 37.4 Å². The van der Waals surface area contributed by atoms with Crippen molar-refractivity contribution in [2.24, 2.45) is 0 Å². The number of amides is 1. The van der Waals surface area contributed by atoms with Crippen molar-refractivity contribution in [2.75, 3.05) is 18.5 Å². The van der Waals surface area contributed by atoms with Crippen LogP contribution in [0.4, 0.5) is 5.82 Å². The number of carbonyl (C=O) groups excluding carboxylic acids is 1. The maximum absolute atomic E-state index is 12.2. The van der Waals surface area contributed by atoms with Crippen LogP contribution >= 0.6 is 23.2 Å². The van der Waals surface area contributed by atoms with Gasteiger partial charge in [-0.15, -0.1) is 0 Å². The van der Waals surface area contributed by atoms with Gasteiger partial charge in [-0.1, -0.05) is 53.5 Å². The van der Waals surface area contributed by atoms with Gasteiger partial charge in [0.05, 0.1) is 12.2 Å². The predicted octanol–water partition coefficient (Wildman–Crippen LogP) is 3.68. The molecule has 0 N–H and O–H groups in total. The molecular formula is C19H22Cl2N4O. The molecule has 138 valence electrons. The van der Waals surface area contributed by atoms with Gasteiger partial charge in [-0.3, -0.25) is 4.79 Å². The molecule has 1 aliphatic heterocycles. The first kappa shape index (κ1) is 18.9. The first-order valence-electron chi connectivity index (χ1n) is 8.63. The van der Waals surface area contributed by atoms with E-state index < -0.39 is 4.84 Å². The Labute approximate surface area is 163 Å². The molecule has 2 heterocycles. The summed E-state index contributed by atoms with van der Waals surface area (Å²) in [6.07, 6.45) is 0.656. The molecular weight excluding hydrogens is 371 g/mol. The molecule has 0 atom stereocenters. The lowest BCUT2D eigenvalue weighted by Gasteiger charge is -2.33. The topological polar surface area (TPSA) is 49.3 Å². The highest BCUT2D eigenvalue weighted by Gasteiger charge is 2.29. The van der Waals surface area contributed by atoms with Gasteiger partial charge in [0.2, 0.25) is 0 Å². The Morgan fingerprint density at radius 3 is 2.50 bits per heavy atom. The smallest absolute Gasteiger partial charge is 0.256 e. The number of aromatic nitrogens is 2. The number of hydrogen-bond acceptors (Lipinski definition) is 4. The molecule has 1 aliphatic rings. The maximum Gasteiger partial charge on any atom is 0.256 e. The lowest BCUT2D eigenvalue weighted by molar-refractivity contribution is -0.130. The zero-order valence-electron chi connectivity index (χ0n) is 15.1. The van der Waals surface area contributed by atoms with Crippen LogP contribution in [0, 0.1) is 0 Å². The minimum atomic E-state index is -1.05. The highest BCUT2D eigenvalue weighted by atomic mass is 35.5. The van der Waals surface area contributed by atoms with E-state index in [2.05, 4.69) is 18.7 Å². The summed E-state index contributed by atoms with van der Waals surface area (Å²) in [5, 5.41) is 0. The number of alkyl halides is 2. The van der Waals surface area contributed by atoms with Crippen LogP contribution in [-0.4, -0.2) is 45.2 Å². The number of fused-ring (bicyclic) bond motifs is 1. The van der Waals surface area contributed by atoms with Crippen LogP contribution < -0.4 is 4.90 Å². The highest BCUT2D eigenvalue weighted by molar-refractivity contribution is 6.53. The van der Waals surface area contributed by atoms with Crippen molar-refractivity contribution >= 4 is 34.9 Å². The van der Waals surface area contributed by atoms with E-state index in [-0.39, 0.29) is 11.9 Å². The molecule has 0 aliphatic carbocycles. The first-order valence-corrected chi connectivity index (χ1v) is 9.50. The van der Waals surface area contributed by atoms with Crippen LogP contribution in [-0.2, 0) is 17.8 Å². The van der Waals surface area contributed by atoms with Crippen molar-refractivity contribution in [1.29, 1.82) is 0 Å². The number of anilines is 1. The minimum Gasteiger partial charge on any atom is -0.357 e. The van der Waals surface area contributed by atoms with Crippen LogP contribution in [0.15, 0.2) is 30.3 Å². The average Bonchev–Trinajstić information content (AvgIpc) is 2.66. The molecule has 0 unspecified atom stereocenters. The fourth-order valence-electron chi connectivity index (χ4n) is 2.98. The fraction of sp³-hybridized carbons (Fsp3) is 0.421. The van der Waals surface area contributed by atoms with Gasteiger partial charge in [0, 0.05) is 37.2 Å². The number of carbonyl (C=O) groups is 1. The molecule has 1 aromatic heterocycles. The quantitative estimate of drug-likeness (QED) is 0.744. The third-order valence-electron chi connectivity index (χ3n) is 4.68. The normalized spacial score (nSPS) is 13.9. The van der Waals surface area contributed by atoms with E-state index in [9.17, 15) is 4.79 Å². The van der Waals surface area contributed by atoms with Crippen LogP contribution in [0.1, 0.15) is 25.1 Å². The molecule has 0 spiro atoms. The maximum atomic E-state index is 12.2. The largest absolute Gasteiger partial charge is 0.357 e. The molecule has 7 heteroatoms. The van der Waals surface area contributed by atoms with Gasteiger partial charge in [0.25, 0.3) is 5.91 Å². The summed E-state index contributed by atoms with van der Waals surface area (Å²) < 4.78 is 0. The van der Waals surface area contributed by atoms with E-state index in [4.69, 9.17) is 33.2 Å². The van der Waals surface area contributed by atoms with Crippen molar-refractivity contribution in [1.82, 2.24) is 14.9 Å². The van der Waals surface area contributed by atoms with Crippen LogP contribution in [0.25, 0.3) is 11.4 Å². The second-order valence-corrected chi connectivity index (χ2v) is 7.77. The third kappa shape index (κ3) is 3.79. The van der Waals surface area contributed by atoms with Crippen molar-refractivity contribution < 1.29 is 4.79 Å². The monoisotopic (exact) mass is 392 g/mol. The Bertz CT molecular complexity index is 796. The summed E-state index contributed by atoms with van der Waals surface area (Å²) in [6, 6.07) is 10.2. The predicted molar refractivity (Wildman–Crippen MR) is 106 cm³/mol. The van der Waals surface area contributed by atoms with E-state index in [1.165, 1.54) is 0 Å². The lowest BCUT2D eigenvalue weighted by Crippen LogP contribution is -2.40. The Morgan fingerprint density at radius 1 is 1.19 bits per heavy atom. The SMILES string of the molecule is CC(C)N(C)c1nc(-c2ccccc2)nc2c1CN(C(=O)C(Cl)Cl)CC2. The average molecular weight is 393 g/mol. The summed E-state index contributed by atoms with van der Waals surface area (Å²) >= 11 is 11.6. The summed E-state index contributed by atoms with van der Waals surface area (Å²) in [4.78, 5) is 24.6. The zero-order valence-corrected chi connectivity index (χ0v) is 16.6. The van der Waals surface area contributed by atoms with Gasteiger partial charge in [-0.25, -0.2) is 9.97 Å². The molecule has 0 fully saturated rings. The molecule has 0 radical (unpaired) electrons. The van der Waals surface area contributed by atoms with E-state index in [1.54, 1.807) is 4.90 Å². The van der Waals surface area contributed by atoms with Gasteiger partial charge in [0.15, 0.2) is 10.7 Å². The molecule has 1 aromatic carbocycles. The molecule has 0 bridgehead atoms. The summed E-state index contributed by atoms with van der Waals surface area (Å²) in [5.74, 6) is 1.28. The molecule has 0 saturated heterocycles. The minimum absolute atomic E-state index is 0.262. The summed E-state index contributed by atoms with van der Waals surface area (Å²) in [5.41, 5.74) is 2.93. The van der Waals surface area contributed by atoms with Crippen molar-refractivity contribution in [3.05, 3.63) is 41.6 Å². The fourth-order valence-corrected chi connectivity index (χ4v) is 3.25. The number of benzene rings is 1. The number of nitrogens with zero attached hydrogens (tertiary/aromatic N) is 4. The van der Waals surface area contributed by atoms with Crippen LogP contribution in [0.5, 0.6) is 0 Å². The first-order chi connectivity index (χ1) is 12.4. The summed E-state index contributed by atoms with van der Waals surface area (Å²) in [7, 11) is 2.01. The van der Waals surface area contributed by atoms with Gasteiger partial charge in [-0.05, 0) is 13.8 Å². The van der Waals surface area contributed by atoms with Crippen molar-refractivity contribution in [3.63, 3.8) is 0 Å². The summed E-state index contributed by atoms with van der Waals surface area (Å²) in [6.45, 7) is 5.19. The van der Waals surface area contributed by atoms with Crippen molar-refractivity contribution in [3.8, 4) is 11.4 Å². The van der Waals surface area contributed by atoms with Gasteiger partial charge in [-0.2, -0.15) is 0 Å². The Hall–Kier alpha value is -1.85. The second kappa shape index (κ2) is 7.80. The molecule has 1 amide bonds. The highest BCUT2D eigenvalue weighted by Crippen LogP contribution is 2.30. The lowest BCUT2D eigenvalue weighted by atomic mass is 10.0. The molecule has 0 saturated carbocycles. The van der Waals surface area contributed by atoms with Gasteiger partial charge >= 0.3 is 0 Å². The second-order valence-electron chi connectivity index (χ2n) is 6.68. The van der Waals surface area contributed by atoms with Gasteiger partial charge in [0.1, 0.15) is 5.82 Å². The van der Waals surface area contributed by atoms with Gasteiger partial charge < -0.3 is 9.80 Å². The van der Waals surface area contributed by atoms with Crippen LogP contribution in [0.2, 0.25) is 0 Å². The third-order valence-corrected chi connectivity index (χ3v) is 5.05. The van der Waals surface area contributed by atoms with E-state index in [0.29, 0.717) is 25.3 Å². The number of halogens is 2. The zero-order chi connectivity index (χ0) is 18.8. The van der Waals surface area contributed by atoms with E-state index >= 15 is 0 Å².